The minimum atomic E-state index is -0.282. The van der Waals surface area contributed by atoms with Crippen molar-refractivity contribution in [1.29, 1.82) is 0 Å². The van der Waals surface area contributed by atoms with Gasteiger partial charge in [0, 0.05) is 43.2 Å². The zero-order chi connectivity index (χ0) is 20.1. The minimum Gasteiger partial charge on any atom is -0.453 e. The molecule has 9 nitrogen and oxygen atoms in total. The van der Waals surface area contributed by atoms with E-state index in [1.54, 1.807) is 11.1 Å². The summed E-state index contributed by atoms with van der Waals surface area (Å²) in [5.41, 5.74) is 1.79. The molecule has 0 spiro atoms. The number of hydrogen-bond donors (Lipinski definition) is 1. The molecule has 4 heterocycles. The summed E-state index contributed by atoms with van der Waals surface area (Å²) in [6, 6.07) is 5.85. The largest absolute Gasteiger partial charge is 0.453 e. The number of ether oxygens (including phenoxy) is 2. The van der Waals surface area contributed by atoms with Gasteiger partial charge in [0.2, 0.25) is 0 Å². The molecule has 0 radical (unpaired) electrons. The molecule has 1 N–H and O–H groups in total. The third kappa shape index (κ3) is 4.56. The van der Waals surface area contributed by atoms with Crippen molar-refractivity contribution in [2.75, 3.05) is 33.4 Å². The van der Waals surface area contributed by atoms with Crippen LogP contribution in [0, 0.1) is 0 Å². The van der Waals surface area contributed by atoms with Gasteiger partial charge in [-0.05, 0) is 37.8 Å². The molecule has 0 unspecified atom stereocenters. The SMILES string of the molecule is C1CCOC1.COC(=O)N1CCC(c2noc(-c3ccc4cn[nH]c4c3)n2)CC1. The van der Waals surface area contributed by atoms with Crippen molar-refractivity contribution in [2.45, 2.75) is 31.6 Å². The van der Waals surface area contributed by atoms with Crippen molar-refractivity contribution < 1.29 is 18.8 Å². The fourth-order valence-corrected chi connectivity index (χ4v) is 3.55. The van der Waals surface area contributed by atoms with Crippen LogP contribution < -0.4 is 0 Å². The van der Waals surface area contributed by atoms with E-state index in [4.69, 9.17) is 14.0 Å². The lowest BCUT2D eigenvalue weighted by molar-refractivity contribution is 0.111. The van der Waals surface area contributed by atoms with Gasteiger partial charge in [0.15, 0.2) is 5.82 Å². The number of rotatable bonds is 2. The maximum absolute atomic E-state index is 11.5. The van der Waals surface area contributed by atoms with Gasteiger partial charge in [-0.2, -0.15) is 10.1 Å². The molecule has 29 heavy (non-hydrogen) atoms. The molecule has 1 aromatic carbocycles. The Morgan fingerprint density at radius 1 is 1.24 bits per heavy atom. The number of amides is 1. The number of carbonyl (C=O) groups excluding carboxylic acids is 1. The van der Waals surface area contributed by atoms with Crippen LogP contribution in [0.25, 0.3) is 22.4 Å². The van der Waals surface area contributed by atoms with E-state index in [1.807, 2.05) is 18.2 Å². The van der Waals surface area contributed by atoms with Gasteiger partial charge < -0.3 is 18.9 Å². The van der Waals surface area contributed by atoms with Crippen molar-refractivity contribution >= 4 is 17.0 Å². The number of H-pyrrole nitrogens is 1. The third-order valence-electron chi connectivity index (χ3n) is 5.25. The highest BCUT2D eigenvalue weighted by molar-refractivity contribution is 5.82. The molecule has 2 saturated heterocycles. The van der Waals surface area contributed by atoms with E-state index in [0.29, 0.717) is 24.8 Å². The van der Waals surface area contributed by atoms with Crippen LogP contribution in [0.4, 0.5) is 4.79 Å². The summed E-state index contributed by atoms with van der Waals surface area (Å²) in [5, 5.41) is 12.1. The number of benzene rings is 1. The summed E-state index contributed by atoms with van der Waals surface area (Å²) in [6.07, 6.45) is 5.64. The number of nitrogens with one attached hydrogen (secondary N) is 1. The van der Waals surface area contributed by atoms with Crippen LogP contribution in [0.2, 0.25) is 0 Å². The van der Waals surface area contributed by atoms with Crippen LogP contribution in [0.1, 0.15) is 37.4 Å². The van der Waals surface area contributed by atoms with Gasteiger partial charge in [0.1, 0.15) is 0 Å². The Balaban J connectivity index is 0.000000359. The van der Waals surface area contributed by atoms with Crippen LogP contribution in [0.3, 0.4) is 0 Å². The van der Waals surface area contributed by atoms with Crippen molar-refractivity contribution in [1.82, 2.24) is 25.2 Å². The van der Waals surface area contributed by atoms with E-state index in [0.717, 1.165) is 42.5 Å². The first kappa shape index (κ1) is 19.4. The molecule has 3 aromatic rings. The van der Waals surface area contributed by atoms with Crippen molar-refractivity contribution in [3.05, 3.63) is 30.2 Å². The topological polar surface area (TPSA) is 106 Å². The Morgan fingerprint density at radius 2 is 2.03 bits per heavy atom. The second-order valence-corrected chi connectivity index (χ2v) is 7.18. The molecular formula is C20H25N5O4. The molecule has 0 bridgehead atoms. The molecular weight excluding hydrogens is 374 g/mol. The maximum atomic E-state index is 11.5. The second kappa shape index (κ2) is 9.04. The molecule has 2 fully saturated rings. The van der Waals surface area contributed by atoms with Gasteiger partial charge in [-0.15, -0.1) is 0 Å². The molecule has 0 saturated carbocycles. The van der Waals surface area contributed by atoms with Gasteiger partial charge >= 0.3 is 6.09 Å². The summed E-state index contributed by atoms with van der Waals surface area (Å²) in [5.74, 6) is 1.38. The highest BCUT2D eigenvalue weighted by Gasteiger charge is 2.27. The molecule has 2 aromatic heterocycles. The molecule has 2 aliphatic rings. The number of fused-ring (bicyclic) bond motifs is 1. The summed E-state index contributed by atoms with van der Waals surface area (Å²) in [4.78, 5) is 17.8. The number of piperidine rings is 1. The van der Waals surface area contributed by atoms with Crippen molar-refractivity contribution in [3.63, 3.8) is 0 Å². The first-order chi connectivity index (χ1) is 14.2. The zero-order valence-electron chi connectivity index (χ0n) is 16.5. The summed E-state index contributed by atoms with van der Waals surface area (Å²) in [7, 11) is 1.40. The summed E-state index contributed by atoms with van der Waals surface area (Å²) >= 11 is 0. The first-order valence-electron chi connectivity index (χ1n) is 9.92. The fourth-order valence-electron chi connectivity index (χ4n) is 3.55. The normalized spacial score (nSPS) is 17.2. The molecule has 0 atom stereocenters. The lowest BCUT2D eigenvalue weighted by Crippen LogP contribution is -2.37. The van der Waals surface area contributed by atoms with E-state index < -0.39 is 0 Å². The number of carbonyl (C=O) groups is 1. The number of aromatic amines is 1. The van der Waals surface area contributed by atoms with Gasteiger partial charge in [-0.3, -0.25) is 5.10 Å². The van der Waals surface area contributed by atoms with E-state index in [-0.39, 0.29) is 12.0 Å². The average Bonchev–Trinajstić information content (AvgIpc) is 3.55. The quantitative estimate of drug-likeness (QED) is 0.704. The standard InChI is InChI=1S/C16H17N5O3.C4H8O/c1-23-16(22)21-6-4-10(5-7-21)14-18-15(24-20-14)11-2-3-12-9-17-19-13(12)8-11;1-2-4-5-3-1/h2-3,8-10H,4-7H2,1H3,(H,17,19);1-4H2. The van der Waals surface area contributed by atoms with Crippen LogP contribution >= 0.6 is 0 Å². The van der Waals surface area contributed by atoms with Crippen LogP contribution in [0.5, 0.6) is 0 Å². The number of aromatic nitrogens is 4. The number of methoxy groups -OCH3 is 1. The second-order valence-electron chi connectivity index (χ2n) is 7.18. The third-order valence-corrected chi connectivity index (χ3v) is 5.25. The van der Waals surface area contributed by atoms with E-state index >= 15 is 0 Å². The predicted octanol–water partition coefficient (Wildman–Crippen LogP) is 3.36. The Kier molecular flexibility index (Phi) is 6.04. The number of likely N-dealkylation sites (tertiary alicyclic amines) is 1. The average molecular weight is 399 g/mol. The molecule has 1 amide bonds. The van der Waals surface area contributed by atoms with Gasteiger partial charge in [-0.1, -0.05) is 11.2 Å². The minimum absolute atomic E-state index is 0.194. The molecule has 154 valence electrons. The molecule has 2 aliphatic heterocycles. The summed E-state index contributed by atoms with van der Waals surface area (Å²) < 4.78 is 15.1. The lowest BCUT2D eigenvalue weighted by Gasteiger charge is -2.29. The van der Waals surface area contributed by atoms with Crippen LogP contribution in [0.15, 0.2) is 28.9 Å². The predicted molar refractivity (Wildman–Crippen MR) is 105 cm³/mol. The van der Waals surface area contributed by atoms with Crippen molar-refractivity contribution in [3.8, 4) is 11.5 Å². The monoisotopic (exact) mass is 399 g/mol. The Hall–Kier alpha value is -2.94. The highest BCUT2D eigenvalue weighted by Crippen LogP contribution is 2.29. The Morgan fingerprint density at radius 3 is 2.72 bits per heavy atom. The first-order valence-corrected chi connectivity index (χ1v) is 9.92. The van der Waals surface area contributed by atoms with E-state index in [2.05, 4.69) is 20.3 Å². The maximum Gasteiger partial charge on any atom is 0.409 e. The van der Waals surface area contributed by atoms with Gasteiger partial charge in [0.25, 0.3) is 5.89 Å². The van der Waals surface area contributed by atoms with Gasteiger partial charge in [0.05, 0.1) is 18.8 Å². The van der Waals surface area contributed by atoms with E-state index in [9.17, 15) is 4.79 Å². The van der Waals surface area contributed by atoms with Crippen LogP contribution in [-0.4, -0.2) is 64.7 Å². The molecule has 0 aliphatic carbocycles. The Labute approximate surface area is 168 Å². The smallest absolute Gasteiger partial charge is 0.409 e. The fraction of sp³-hybridized carbons (Fsp3) is 0.500. The van der Waals surface area contributed by atoms with E-state index in [1.165, 1.54) is 20.0 Å². The highest BCUT2D eigenvalue weighted by atomic mass is 16.5. The van der Waals surface area contributed by atoms with Gasteiger partial charge in [-0.25, -0.2) is 4.79 Å². The molecule has 5 rings (SSSR count). The number of hydrogen-bond acceptors (Lipinski definition) is 7. The number of nitrogens with zero attached hydrogens (tertiary/aromatic N) is 4. The Bertz CT molecular complexity index is 934. The summed E-state index contributed by atoms with van der Waals surface area (Å²) in [6.45, 7) is 3.28. The zero-order valence-corrected chi connectivity index (χ0v) is 16.5. The molecule has 9 heteroatoms. The van der Waals surface area contributed by atoms with Crippen molar-refractivity contribution in [2.24, 2.45) is 0 Å². The van der Waals surface area contributed by atoms with Crippen LogP contribution in [-0.2, 0) is 9.47 Å². The lowest BCUT2D eigenvalue weighted by atomic mass is 9.96.